The molecular formula is C15H14F2O2S. The number of aliphatic hydroxyl groups is 1. The lowest BCUT2D eigenvalue weighted by atomic mass is 10.1. The molecule has 20 heavy (non-hydrogen) atoms. The molecule has 0 fully saturated rings. The molecule has 106 valence electrons. The van der Waals surface area contributed by atoms with E-state index in [1.807, 2.05) is 0 Å². The summed E-state index contributed by atoms with van der Waals surface area (Å²) in [5.41, 5.74) is 0.629. The van der Waals surface area contributed by atoms with Gasteiger partial charge in [-0.05, 0) is 37.3 Å². The second-order valence-corrected chi connectivity index (χ2v) is 5.34. The molecule has 2 aromatic carbocycles. The van der Waals surface area contributed by atoms with E-state index in [1.54, 1.807) is 25.1 Å². The van der Waals surface area contributed by atoms with Gasteiger partial charge in [-0.1, -0.05) is 17.8 Å². The van der Waals surface area contributed by atoms with Gasteiger partial charge in [0.15, 0.2) is 11.6 Å². The van der Waals surface area contributed by atoms with Crippen molar-refractivity contribution in [3.63, 3.8) is 0 Å². The van der Waals surface area contributed by atoms with Crippen molar-refractivity contribution >= 4 is 11.8 Å². The SMILES string of the molecule is COc1cccc(Sc2ccc(F)c(F)c2)c1[C@H](C)O. The molecule has 0 radical (unpaired) electrons. The molecule has 0 aliphatic rings. The zero-order valence-electron chi connectivity index (χ0n) is 11.1. The largest absolute Gasteiger partial charge is 0.496 e. The van der Waals surface area contributed by atoms with E-state index in [0.717, 1.165) is 17.0 Å². The van der Waals surface area contributed by atoms with Crippen LogP contribution in [0, 0.1) is 11.6 Å². The first-order valence-corrected chi connectivity index (χ1v) is 6.82. The average Bonchev–Trinajstić information content (AvgIpc) is 2.42. The minimum atomic E-state index is -0.892. The van der Waals surface area contributed by atoms with Crippen molar-refractivity contribution in [2.24, 2.45) is 0 Å². The van der Waals surface area contributed by atoms with Crippen molar-refractivity contribution in [1.29, 1.82) is 0 Å². The van der Waals surface area contributed by atoms with Crippen LogP contribution in [0.15, 0.2) is 46.2 Å². The van der Waals surface area contributed by atoms with E-state index in [0.29, 0.717) is 16.2 Å². The third-order valence-corrected chi connectivity index (χ3v) is 3.85. The molecule has 0 bridgehead atoms. The summed E-state index contributed by atoms with van der Waals surface area (Å²) in [5.74, 6) is -1.21. The lowest BCUT2D eigenvalue weighted by molar-refractivity contribution is 0.191. The van der Waals surface area contributed by atoms with Gasteiger partial charge in [0.05, 0.1) is 13.2 Å². The van der Waals surface area contributed by atoms with Crippen LogP contribution in [-0.4, -0.2) is 12.2 Å². The Kier molecular flexibility index (Phi) is 4.62. The third kappa shape index (κ3) is 3.11. The van der Waals surface area contributed by atoms with Gasteiger partial charge in [0.2, 0.25) is 0 Å². The molecule has 0 saturated carbocycles. The highest BCUT2D eigenvalue weighted by molar-refractivity contribution is 7.99. The average molecular weight is 296 g/mol. The van der Waals surface area contributed by atoms with E-state index >= 15 is 0 Å². The van der Waals surface area contributed by atoms with Crippen LogP contribution in [0.4, 0.5) is 8.78 Å². The van der Waals surface area contributed by atoms with Crippen molar-refractivity contribution in [3.05, 3.63) is 53.6 Å². The highest BCUT2D eigenvalue weighted by Gasteiger charge is 2.15. The van der Waals surface area contributed by atoms with Gasteiger partial charge in [-0.3, -0.25) is 0 Å². The summed E-state index contributed by atoms with van der Waals surface area (Å²) in [6.07, 6.45) is -0.723. The van der Waals surface area contributed by atoms with E-state index in [4.69, 9.17) is 4.74 Å². The van der Waals surface area contributed by atoms with Gasteiger partial charge >= 0.3 is 0 Å². The topological polar surface area (TPSA) is 29.5 Å². The number of aliphatic hydroxyl groups excluding tert-OH is 1. The highest BCUT2D eigenvalue weighted by atomic mass is 32.2. The Labute approximate surface area is 120 Å². The molecule has 2 aromatic rings. The van der Waals surface area contributed by atoms with Crippen molar-refractivity contribution in [2.45, 2.75) is 22.8 Å². The molecule has 0 aromatic heterocycles. The fraction of sp³-hybridized carbons (Fsp3) is 0.200. The zero-order valence-corrected chi connectivity index (χ0v) is 11.9. The molecule has 2 nitrogen and oxygen atoms in total. The predicted octanol–water partition coefficient (Wildman–Crippen LogP) is 4.18. The minimum absolute atomic E-state index is 0.555. The molecule has 0 unspecified atom stereocenters. The van der Waals surface area contributed by atoms with Crippen LogP contribution >= 0.6 is 11.8 Å². The lowest BCUT2D eigenvalue weighted by Gasteiger charge is -2.15. The number of benzene rings is 2. The van der Waals surface area contributed by atoms with Crippen LogP contribution in [0.2, 0.25) is 0 Å². The van der Waals surface area contributed by atoms with E-state index in [9.17, 15) is 13.9 Å². The van der Waals surface area contributed by atoms with Crippen molar-refractivity contribution in [1.82, 2.24) is 0 Å². The molecule has 0 aliphatic carbocycles. The number of hydrogen-bond donors (Lipinski definition) is 1. The summed E-state index contributed by atoms with van der Waals surface area (Å²) in [6.45, 7) is 1.63. The quantitative estimate of drug-likeness (QED) is 0.918. The highest BCUT2D eigenvalue weighted by Crippen LogP contribution is 2.38. The molecule has 5 heteroatoms. The van der Waals surface area contributed by atoms with E-state index in [2.05, 4.69) is 0 Å². The van der Waals surface area contributed by atoms with Gasteiger partial charge in [-0.25, -0.2) is 8.78 Å². The van der Waals surface area contributed by atoms with Gasteiger partial charge in [0, 0.05) is 15.4 Å². The molecule has 0 aliphatic heterocycles. The number of halogens is 2. The summed E-state index contributed by atoms with van der Waals surface area (Å²) in [4.78, 5) is 1.30. The zero-order chi connectivity index (χ0) is 14.7. The van der Waals surface area contributed by atoms with Crippen LogP contribution in [0.25, 0.3) is 0 Å². The van der Waals surface area contributed by atoms with Crippen molar-refractivity contribution < 1.29 is 18.6 Å². The Morgan fingerprint density at radius 1 is 1.15 bits per heavy atom. The third-order valence-electron chi connectivity index (χ3n) is 2.78. The Morgan fingerprint density at radius 2 is 1.90 bits per heavy atom. The van der Waals surface area contributed by atoms with Crippen molar-refractivity contribution in [2.75, 3.05) is 7.11 Å². The Hall–Kier alpha value is -1.59. The minimum Gasteiger partial charge on any atom is -0.496 e. The van der Waals surface area contributed by atoms with Crippen LogP contribution in [0.3, 0.4) is 0 Å². The molecule has 2 rings (SSSR count). The van der Waals surface area contributed by atoms with Gasteiger partial charge < -0.3 is 9.84 Å². The number of rotatable bonds is 4. The van der Waals surface area contributed by atoms with Gasteiger partial charge in [-0.2, -0.15) is 0 Å². The molecule has 0 saturated heterocycles. The normalized spacial score (nSPS) is 12.2. The van der Waals surface area contributed by atoms with Crippen molar-refractivity contribution in [3.8, 4) is 5.75 Å². The predicted molar refractivity (Wildman–Crippen MR) is 74.1 cm³/mol. The molecule has 1 atom stereocenters. The second kappa shape index (κ2) is 6.24. The van der Waals surface area contributed by atoms with E-state index < -0.39 is 17.7 Å². The Balaban J connectivity index is 2.40. The summed E-state index contributed by atoms with van der Waals surface area (Å²) in [6, 6.07) is 9.04. The van der Waals surface area contributed by atoms with Crippen LogP contribution in [-0.2, 0) is 0 Å². The fourth-order valence-electron chi connectivity index (χ4n) is 1.87. The lowest BCUT2D eigenvalue weighted by Crippen LogP contribution is -1.98. The van der Waals surface area contributed by atoms with Crippen LogP contribution in [0.1, 0.15) is 18.6 Å². The summed E-state index contributed by atoms with van der Waals surface area (Å²) >= 11 is 1.25. The molecule has 0 spiro atoms. The van der Waals surface area contributed by atoms with Gasteiger partial charge in [-0.15, -0.1) is 0 Å². The van der Waals surface area contributed by atoms with E-state index in [-0.39, 0.29) is 0 Å². The molecule has 0 heterocycles. The van der Waals surface area contributed by atoms with Crippen LogP contribution in [0.5, 0.6) is 5.75 Å². The second-order valence-electron chi connectivity index (χ2n) is 4.23. The maximum absolute atomic E-state index is 13.2. The smallest absolute Gasteiger partial charge is 0.159 e. The summed E-state index contributed by atoms with van der Waals surface area (Å²) < 4.78 is 31.4. The monoisotopic (exact) mass is 296 g/mol. The fourth-order valence-corrected chi connectivity index (χ4v) is 2.95. The molecular weight excluding hydrogens is 282 g/mol. The Morgan fingerprint density at radius 3 is 2.50 bits per heavy atom. The maximum Gasteiger partial charge on any atom is 0.159 e. The van der Waals surface area contributed by atoms with Crippen LogP contribution < -0.4 is 4.74 Å². The number of methoxy groups -OCH3 is 1. The van der Waals surface area contributed by atoms with E-state index in [1.165, 1.54) is 24.9 Å². The molecule has 0 amide bonds. The Bertz CT molecular complexity index is 615. The first-order valence-electron chi connectivity index (χ1n) is 6.00. The first kappa shape index (κ1) is 14.8. The summed E-state index contributed by atoms with van der Waals surface area (Å²) in [7, 11) is 1.52. The first-order chi connectivity index (χ1) is 9.52. The van der Waals surface area contributed by atoms with Gasteiger partial charge in [0.25, 0.3) is 0 Å². The number of ether oxygens (including phenoxy) is 1. The summed E-state index contributed by atoms with van der Waals surface area (Å²) in [5, 5.41) is 9.87. The standard InChI is InChI=1S/C15H14F2O2S/c1-9(18)15-13(19-2)4-3-5-14(15)20-10-6-7-11(16)12(17)8-10/h3-9,18H,1-2H3/t9-/m0/s1. The molecule has 1 N–H and O–H groups in total. The van der Waals surface area contributed by atoms with Gasteiger partial charge in [0.1, 0.15) is 5.75 Å². The maximum atomic E-state index is 13.2. The number of hydrogen-bond acceptors (Lipinski definition) is 3.